The molecular weight excluding hydrogens is 298 g/mol. The molecule has 0 aliphatic rings. The van der Waals surface area contributed by atoms with Crippen molar-refractivity contribution in [2.24, 2.45) is 0 Å². The van der Waals surface area contributed by atoms with Crippen molar-refractivity contribution in [3.05, 3.63) is 42.5 Å². The van der Waals surface area contributed by atoms with Gasteiger partial charge in [-0.1, -0.05) is 36.4 Å². The molecule has 0 saturated heterocycles. The Morgan fingerprint density at radius 2 is 1.62 bits per heavy atom. The number of fused-ring (bicyclic) bond motifs is 1. The molecular formula is C11H10O3RbS. The van der Waals surface area contributed by atoms with Gasteiger partial charge in [0.1, 0.15) is 4.90 Å². The molecule has 0 atom stereocenters. The molecule has 0 heterocycles. The summed E-state index contributed by atoms with van der Waals surface area (Å²) in [4.78, 5) is 0.211. The topological polar surface area (TPSA) is 43.4 Å². The van der Waals surface area contributed by atoms with Gasteiger partial charge in [-0.15, -0.1) is 0 Å². The van der Waals surface area contributed by atoms with Gasteiger partial charge in [0.2, 0.25) is 0 Å². The summed E-state index contributed by atoms with van der Waals surface area (Å²) in [6.45, 7) is 0. The second-order valence-electron chi connectivity index (χ2n) is 3.10. The van der Waals surface area contributed by atoms with Gasteiger partial charge >= 0.3 is 0 Å². The van der Waals surface area contributed by atoms with E-state index in [1.807, 2.05) is 18.2 Å². The van der Waals surface area contributed by atoms with Gasteiger partial charge in [0, 0.05) is 63.6 Å². The molecule has 5 heteroatoms. The van der Waals surface area contributed by atoms with Crippen molar-refractivity contribution in [1.82, 2.24) is 0 Å². The zero-order valence-electron chi connectivity index (χ0n) is 9.17. The maximum Gasteiger partial charge on any atom is 0.297 e. The Morgan fingerprint density at radius 3 is 2.31 bits per heavy atom. The predicted molar refractivity (Wildman–Crippen MR) is 63.9 cm³/mol. The van der Waals surface area contributed by atoms with Crippen molar-refractivity contribution in [3.8, 4) is 0 Å². The molecule has 0 N–H and O–H groups in total. The molecule has 0 aliphatic carbocycles. The number of hydrogen-bond acceptors (Lipinski definition) is 3. The third-order valence-electron chi connectivity index (χ3n) is 2.24. The molecule has 0 aromatic heterocycles. The van der Waals surface area contributed by atoms with Crippen LogP contribution in [0.15, 0.2) is 47.4 Å². The first-order chi connectivity index (χ1) is 7.15. The molecule has 3 nitrogen and oxygen atoms in total. The van der Waals surface area contributed by atoms with Crippen LogP contribution in [0.1, 0.15) is 0 Å². The van der Waals surface area contributed by atoms with E-state index in [2.05, 4.69) is 4.18 Å². The fourth-order valence-corrected chi connectivity index (χ4v) is 2.38. The first kappa shape index (κ1) is 14.5. The summed E-state index contributed by atoms with van der Waals surface area (Å²) in [6.07, 6.45) is 0. The SMILES string of the molecule is COS(=O)(=O)c1cccc2ccccc12.[Rb]. The molecule has 0 saturated carbocycles. The Kier molecular flexibility index (Phi) is 5.29. The van der Waals surface area contributed by atoms with Crippen LogP contribution < -0.4 is 0 Å². The van der Waals surface area contributed by atoms with E-state index in [1.165, 1.54) is 0 Å². The molecule has 0 fully saturated rings. The third-order valence-corrected chi connectivity index (χ3v) is 3.57. The number of hydrogen-bond donors (Lipinski definition) is 0. The average Bonchev–Trinajstić information content (AvgIpc) is 2.28. The first-order valence-electron chi connectivity index (χ1n) is 4.43. The largest absolute Gasteiger partial charge is 0.297 e. The Morgan fingerprint density at radius 1 is 1.00 bits per heavy atom. The van der Waals surface area contributed by atoms with Gasteiger partial charge in [0.25, 0.3) is 10.1 Å². The molecule has 1 radical (unpaired) electrons. The van der Waals surface area contributed by atoms with Crippen LogP contribution in [0.5, 0.6) is 0 Å². The van der Waals surface area contributed by atoms with Crippen molar-refractivity contribution in [2.75, 3.05) is 7.11 Å². The quantitative estimate of drug-likeness (QED) is 0.795. The predicted octanol–water partition coefficient (Wildman–Crippen LogP) is 1.79. The first-order valence-corrected chi connectivity index (χ1v) is 5.84. The van der Waals surface area contributed by atoms with Crippen LogP contribution in [0, 0.1) is 0 Å². The Hall–Kier alpha value is 0.415. The standard InChI is InChI=1S/C11H10O3S.Rb/c1-14-15(12,13)11-8-4-6-9-5-2-3-7-10(9)11;/h2-8H,1H3;. The molecule has 0 spiro atoms. The summed E-state index contributed by atoms with van der Waals surface area (Å²) in [5.74, 6) is 0. The van der Waals surface area contributed by atoms with E-state index in [9.17, 15) is 8.42 Å². The number of rotatable bonds is 2. The van der Waals surface area contributed by atoms with Crippen molar-refractivity contribution in [3.63, 3.8) is 0 Å². The van der Waals surface area contributed by atoms with Crippen molar-refractivity contribution in [2.45, 2.75) is 4.90 Å². The maximum absolute atomic E-state index is 11.6. The minimum Gasteiger partial charge on any atom is -0.270 e. The molecule has 0 bridgehead atoms. The molecule has 16 heavy (non-hydrogen) atoms. The van der Waals surface area contributed by atoms with E-state index in [4.69, 9.17) is 0 Å². The molecule has 0 unspecified atom stereocenters. The van der Waals surface area contributed by atoms with Gasteiger partial charge in [-0.05, 0) is 11.5 Å². The van der Waals surface area contributed by atoms with E-state index < -0.39 is 10.1 Å². The molecule has 0 amide bonds. The summed E-state index contributed by atoms with van der Waals surface area (Å²) in [7, 11) is -2.46. The van der Waals surface area contributed by atoms with Crippen LogP contribution in [-0.4, -0.2) is 73.7 Å². The Balaban J connectivity index is 0.00000128. The molecule has 79 valence electrons. The Bertz CT molecular complexity index is 588. The van der Waals surface area contributed by atoms with Crippen LogP contribution in [0.2, 0.25) is 0 Å². The second kappa shape index (κ2) is 5.84. The minimum absolute atomic E-state index is 0. The summed E-state index contributed by atoms with van der Waals surface area (Å²) < 4.78 is 27.7. The fourth-order valence-electron chi connectivity index (χ4n) is 1.50. The molecule has 0 aliphatic heterocycles. The van der Waals surface area contributed by atoms with Crippen LogP contribution >= 0.6 is 0 Å². The average molecular weight is 308 g/mol. The Labute approximate surface area is 144 Å². The number of benzene rings is 2. The summed E-state index contributed by atoms with van der Waals surface area (Å²) in [5, 5.41) is 1.57. The fraction of sp³-hybridized carbons (Fsp3) is 0.0909. The molecule has 2 aromatic rings. The zero-order valence-corrected chi connectivity index (χ0v) is 14.9. The second-order valence-corrected chi connectivity index (χ2v) is 4.78. The van der Waals surface area contributed by atoms with Crippen molar-refractivity contribution >= 4 is 79.1 Å². The van der Waals surface area contributed by atoms with Gasteiger partial charge in [0.15, 0.2) is 0 Å². The van der Waals surface area contributed by atoms with Gasteiger partial charge < -0.3 is 0 Å². The van der Waals surface area contributed by atoms with Crippen LogP contribution in [0.4, 0.5) is 0 Å². The van der Waals surface area contributed by atoms with Crippen LogP contribution in [-0.2, 0) is 14.3 Å². The zero-order chi connectivity index (χ0) is 10.9. The monoisotopic (exact) mass is 307 g/mol. The minimum atomic E-state index is -3.62. The summed E-state index contributed by atoms with van der Waals surface area (Å²) >= 11 is 0. The third kappa shape index (κ3) is 2.80. The molecule has 2 aromatic carbocycles. The van der Waals surface area contributed by atoms with Gasteiger partial charge in [0.05, 0.1) is 7.11 Å². The summed E-state index contributed by atoms with van der Waals surface area (Å²) in [6, 6.07) is 12.4. The van der Waals surface area contributed by atoms with Crippen molar-refractivity contribution in [1.29, 1.82) is 0 Å². The van der Waals surface area contributed by atoms with E-state index in [1.54, 1.807) is 24.3 Å². The van der Waals surface area contributed by atoms with Crippen LogP contribution in [0.25, 0.3) is 10.8 Å². The van der Waals surface area contributed by atoms with Crippen LogP contribution in [0.3, 0.4) is 0 Å². The van der Waals surface area contributed by atoms with E-state index >= 15 is 0 Å². The van der Waals surface area contributed by atoms with Gasteiger partial charge in [-0.3, -0.25) is 4.18 Å². The van der Waals surface area contributed by atoms with E-state index in [0.29, 0.717) is 5.39 Å². The maximum atomic E-state index is 11.6. The van der Waals surface area contributed by atoms with E-state index in [-0.39, 0.29) is 63.1 Å². The smallest absolute Gasteiger partial charge is 0.270 e. The summed E-state index contributed by atoms with van der Waals surface area (Å²) in [5.41, 5.74) is 0. The van der Waals surface area contributed by atoms with E-state index in [0.717, 1.165) is 12.5 Å². The van der Waals surface area contributed by atoms with Crippen molar-refractivity contribution < 1.29 is 12.6 Å². The molecule has 2 rings (SSSR count). The van der Waals surface area contributed by atoms with Gasteiger partial charge in [-0.25, -0.2) is 0 Å². The van der Waals surface area contributed by atoms with Gasteiger partial charge in [-0.2, -0.15) is 8.42 Å². The normalized spacial score (nSPS) is 11.1.